The quantitative estimate of drug-likeness (QED) is 0.807. The summed E-state index contributed by atoms with van der Waals surface area (Å²) >= 11 is 1.78. The maximum absolute atomic E-state index is 11.8. The first-order valence-corrected chi connectivity index (χ1v) is 7.79. The molecule has 0 saturated heterocycles. The van der Waals surface area contributed by atoms with Gasteiger partial charge in [-0.3, -0.25) is 14.3 Å². The fourth-order valence-electron chi connectivity index (χ4n) is 2.56. The second kappa shape index (κ2) is 5.79. The molecule has 0 unspecified atom stereocenters. The third-order valence-electron chi connectivity index (χ3n) is 3.57. The van der Waals surface area contributed by atoms with E-state index in [9.17, 15) is 4.79 Å². The maximum Gasteiger partial charge on any atom is 0.178 e. The molecule has 2 heterocycles. The lowest BCUT2D eigenvalue weighted by atomic mass is 10.3. The molecule has 0 bridgehead atoms. The Hall–Kier alpha value is -1.62. The summed E-state index contributed by atoms with van der Waals surface area (Å²) in [6, 6.07) is 3.84. The number of Topliss-reactive ketones (excluding diaryl/α,β-unsaturated/α-hetero) is 1. The molecule has 20 heavy (non-hydrogen) atoms. The van der Waals surface area contributed by atoms with Crippen LogP contribution < -0.4 is 0 Å². The van der Waals surface area contributed by atoms with Gasteiger partial charge in [-0.1, -0.05) is 24.6 Å². The summed E-state index contributed by atoms with van der Waals surface area (Å²) in [5.74, 6) is 0.0274. The summed E-state index contributed by atoms with van der Waals surface area (Å²) in [5, 5.41) is 1.52. The lowest BCUT2D eigenvalue weighted by Crippen LogP contribution is -2.07. The molecule has 2 aromatic rings. The Labute approximate surface area is 122 Å². The molecule has 1 saturated carbocycles. The molecule has 2 aromatic heterocycles. The summed E-state index contributed by atoms with van der Waals surface area (Å²) < 4.78 is 1.93. The van der Waals surface area contributed by atoms with Crippen LogP contribution >= 0.6 is 11.8 Å². The largest absolute Gasteiger partial charge is 0.293 e. The minimum atomic E-state index is 0.0274. The van der Waals surface area contributed by atoms with Crippen LogP contribution in [0.15, 0.2) is 35.9 Å². The average Bonchev–Trinajstić information content (AvgIpc) is 3.09. The van der Waals surface area contributed by atoms with Crippen LogP contribution in [-0.4, -0.2) is 25.6 Å². The van der Waals surface area contributed by atoms with Crippen molar-refractivity contribution in [2.75, 3.05) is 0 Å². The number of carbonyl (C=O) groups is 1. The van der Waals surface area contributed by atoms with Crippen molar-refractivity contribution in [2.45, 2.75) is 43.0 Å². The Bertz CT molecular complexity index is 603. The fourth-order valence-corrected chi connectivity index (χ4v) is 3.85. The number of hydrogen-bond donors (Lipinski definition) is 0. The summed E-state index contributed by atoms with van der Waals surface area (Å²) in [5.41, 5.74) is 1.52. The highest BCUT2D eigenvalue weighted by Gasteiger charge is 2.22. The standard InChI is InChI=1S/C15H17N3OS/c1-11(19)14-10-17-15(20-13-6-2-3-7-13)18(14)12-5-4-8-16-9-12/h4-5,8-10,13H,2-3,6-7H2,1H3. The minimum absolute atomic E-state index is 0.0274. The van der Waals surface area contributed by atoms with E-state index < -0.39 is 0 Å². The van der Waals surface area contributed by atoms with Gasteiger partial charge in [-0.25, -0.2) is 4.98 Å². The number of imidazole rings is 1. The van der Waals surface area contributed by atoms with Crippen molar-refractivity contribution in [1.82, 2.24) is 14.5 Å². The molecule has 1 fully saturated rings. The van der Waals surface area contributed by atoms with Crippen molar-refractivity contribution < 1.29 is 4.79 Å². The number of carbonyl (C=O) groups excluding carboxylic acids is 1. The van der Waals surface area contributed by atoms with E-state index in [0.717, 1.165) is 10.8 Å². The van der Waals surface area contributed by atoms with E-state index in [1.54, 1.807) is 37.3 Å². The first-order valence-electron chi connectivity index (χ1n) is 6.91. The minimum Gasteiger partial charge on any atom is -0.293 e. The van der Waals surface area contributed by atoms with E-state index in [0.29, 0.717) is 10.9 Å². The highest BCUT2D eigenvalue weighted by Crippen LogP contribution is 2.35. The van der Waals surface area contributed by atoms with Crippen molar-refractivity contribution >= 4 is 17.5 Å². The number of aromatic nitrogens is 3. The molecular weight excluding hydrogens is 270 g/mol. The number of hydrogen-bond acceptors (Lipinski definition) is 4. The summed E-state index contributed by atoms with van der Waals surface area (Å²) in [6.45, 7) is 1.58. The second-order valence-electron chi connectivity index (χ2n) is 5.05. The van der Waals surface area contributed by atoms with Crippen molar-refractivity contribution in [2.24, 2.45) is 0 Å². The van der Waals surface area contributed by atoms with Crippen LogP contribution in [0.1, 0.15) is 43.1 Å². The normalized spacial score (nSPS) is 15.7. The number of ketones is 1. The van der Waals surface area contributed by atoms with E-state index in [-0.39, 0.29) is 5.78 Å². The number of nitrogens with zero attached hydrogens (tertiary/aromatic N) is 3. The van der Waals surface area contributed by atoms with Gasteiger partial charge in [0.1, 0.15) is 5.69 Å². The molecule has 0 N–H and O–H groups in total. The van der Waals surface area contributed by atoms with Gasteiger partial charge in [0.25, 0.3) is 0 Å². The first kappa shape index (κ1) is 13.4. The monoisotopic (exact) mass is 287 g/mol. The molecule has 0 atom stereocenters. The predicted octanol–water partition coefficient (Wildman–Crippen LogP) is 3.50. The van der Waals surface area contributed by atoms with Gasteiger partial charge in [0, 0.05) is 18.4 Å². The Morgan fingerprint density at radius 1 is 1.35 bits per heavy atom. The van der Waals surface area contributed by atoms with Crippen molar-refractivity contribution in [3.05, 3.63) is 36.4 Å². The van der Waals surface area contributed by atoms with Crippen molar-refractivity contribution in [3.8, 4) is 5.69 Å². The Morgan fingerprint density at radius 3 is 2.80 bits per heavy atom. The Kier molecular flexibility index (Phi) is 3.87. The van der Waals surface area contributed by atoms with Crippen LogP contribution in [-0.2, 0) is 0 Å². The zero-order valence-electron chi connectivity index (χ0n) is 11.5. The first-order chi connectivity index (χ1) is 9.75. The van der Waals surface area contributed by atoms with E-state index in [4.69, 9.17) is 0 Å². The van der Waals surface area contributed by atoms with E-state index in [1.165, 1.54) is 25.7 Å². The van der Waals surface area contributed by atoms with Crippen LogP contribution in [0.3, 0.4) is 0 Å². The third-order valence-corrected chi connectivity index (χ3v) is 4.87. The molecule has 0 radical (unpaired) electrons. The molecule has 1 aliphatic rings. The van der Waals surface area contributed by atoms with Crippen molar-refractivity contribution in [3.63, 3.8) is 0 Å². The highest BCUT2D eigenvalue weighted by atomic mass is 32.2. The van der Waals surface area contributed by atoms with Crippen LogP contribution in [0.2, 0.25) is 0 Å². The Morgan fingerprint density at radius 2 is 2.15 bits per heavy atom. The molecular formula is C15H17N3OS. The number of rotatable bonds is 4. The lowest BCUT2D eigenvalue weighted by molar-refractivity contribution is 0.101. The maximum atomic E-state index is 11.8. The summed E-state index contributed by atoms with van der Waals surface area (Å²) in [6.07, 6.45) is 10.2. The van der Waals surface area contributed by atoms with Crippen LogP contribution in [0.25, 0.3) is 5.69 Å². The van der Waals surface area contributed by atoms with E-state index >= 15 is 0 Å². The zero-order chi connectivity index (χ0) is 13.9. The van der Waals surface area contributed by atoms with Gasteiger partial charge >= 0.3 is 0 Å². The van der Waals surface area contributed by atoms with Gasteiger partial charge in [-0.2, -0.15) is 0 Å². The highest BCUT2D eigenvalue weighted by molar-refractivity contribution is 7.99. The van der Waals surface area contributed by atoms with Gasteiger partial charge in [-0.15, -0.1) is 0 Å². The second-order valence-corrected chi connectivity index (χ2v) is 6.32. The van der Waals surface area contributed by atoms with E-state index in [1.807, 2.05) is 16.7 Å². The van der Waals surface area contributed by atoms with Gasteiger partial charge in [0.05, 0.1) is 18.1 Å². The zero-order valence-corrected chi connectivity index (χ0v) is 12.3. The van der Waals surface area contributed by atoms with Crippen LogP contribution in [0.5, 0.6) is 0 Å². The average molecular weight is 287 g/mol. The van der Waals surface area contributed by atoms with Crippen LogP contribution in [0.4, 0.5) is 0 Å². The molecule has 0 amide bonds. The molecule has 0 aromatic carbocycles. The number of pyridine rings is 1. The molecule has 4 nitrogen and oxygen atoms in total. The van der Waals surface area contributed by atoms with Gasteiger partial charge in [0.2, 0.25) is 0 Å². The van der Waals surface area contributed by atoms with E-state index in [2.05, 4.69) is 9.97 Å². The molecule has 0 spiro atoms. The molecule has 1 aliphatic carbocycles. The van der Waals surface area contributed by atoms with Gasteiger partial charge in [-0.05, 0) is 25.0 Å². The topological polar surface area (TPSA) is 47.8 Å². The van der Waals surface area contributed by atoms with Gasteiger partial charge < -0.3 is 0 Å². The molecule has 0 aliphatic heterocycles. The lowest BCUT2D eigenvalue weighted by Gasteiger charge is -2.12. The summed E-state index contributed by atoms with van der Waals surface area (Å²) in [4.78, 5) is 20.4. The Balaban J connectivity index is 1.99. The third kappa shape index (κ3) is 2.63. The molecule has 5 heteroatoms. The fraction of sp³-hybridized carbons (Fsp3) is 0.400. The SMILES string of the molecule is CC(=O)c1cnc(SC2CCCC2)n1-c1cccnc1. The van der Waals surface area contributed by atoms with Crippen LogP contribution in [0, 0.1) is 0 Å². The smallest absolute Gasteiger partial charge is 0.178 e. The van der Waals surface area contributed by atoms with Gasteiger partial charge in [0.15, 0.2) is 10.9 Å². The summed E-state index contributed by atoms with van der Waals surface area (Å²) in [7, 11) is 0. The predicted molar refractivity (Wildman–Crippen MR) is 79.5 cm³/mol. The molecule has 3 rings (SSSR count). The number of thioether (sulfide) groups is 1. The molecule has 104 valence electrons. The van der Waals surface area contributed by atoms with Crippen molar-refractivity contribution in [1.29, 1.82) is 0 Å².